The van der Waals surface area contributed by atoms with Gasteiger partial charge in [0.15, 0.2) is 17.0 Å². The molecule has 0 aliphatic heterocycles. The number of aromatic nitrogens is 4. The first kappa shape index (κ1) is 40.5. The van der Waals surface area contributed by atoms with Crippen LogP contribution in [0.5, 0.6) is 0 Å². The second kappa shape index (κ2) is 18.1. The number of carboxylic acids is 1. The number of halogens is 4. The van der Waals surface area contributed by atoms with E-state index in [2.05, 4.69) is 20.9 Å². The zero-order chi connectivity index (χ0) is 39.7. The normalized spacial score (nSPS) is 19.2. The number of aliphatic hydroxyl groups is 3. The lowest BCUT2D eigenvalue weighted by molar-refractivity contribution is -0.192. The molecule has 0 saturated heterocycles. The Morgan fingerprint density at radius 3 is 2.15 bits per heavy atom. The Bertz CT molecular complexity index is 2020. The van der Waals surface area contributed by atoms with E-state index in [-0.39, 0.29) is 43.0 Å². The molecule has 292 valence electrons. The lowest BCUT2D eigenvalue weighted by Gasteiger charge is -2.21. The van der Waals surface area contributed by atoms with Gasteiger partial charge in [0, 0.05) is 18.9 Å². The lowest BCUT2D eigenvalue weighted by atomic mass is 9.91. The van der Waals surface area contributed by atoms with Crippen LogP contribution in [-0.4, -0.2) is 95.4 Å². The van der Waals surface area contributed by atoms with Crippen LogP contribution in [-0.2, 0) is 16.0 Å². The molecule has 17 heteroatoms. The summed E-state index contributed by atoms with van der Waals surface area (Å²) in [5.74, 6) is -2.79. The summed E-state index contributed by atoms with van der Waals surface area (Å²) in [5, 5.41) is 48.8. The second-order valence-electron chi connectivity index (χ2n) is 12.9. The topological polar surface area (TPSA) is 195 Å². The minimum atomic E-state index is -5.08. The summed E-state index contributed by atoms with van der Waals surface area (Å²) in [7, 11) is 0. The molecule has 7 N–H and O–H groups in total. The molecule has 0 spiro atoms. The van der Waals surface area contributed by atoms with E-state index in [0.29, 0.717) is 29.9 Å². The standard InChI is InChI=1S/C36H40FN7O4.C2HF3O2/c1-2-30(46)41-28-18-29(33(48)32(28)47)44-21-39-31-34(38-19-27(23-11-7-4-8-12-23)24-13-15-25(37)16-14-24)42-36(43-35(31)44)40-26(20-45)17-22-9-5-3-6-10-22;3-2(4,5)1(6)7/h3-16,21,26-29,32-33,45,47-48H,2,17-20H2,1H3,(H,41,46)(H2,38,40,42,43);(H,6,7)/t26-,27?,28-,29+,32+,33-;/m0./s1. The molecule has 0 radical (unpaired) electrons. The van der Waals surface area contributed by atoms with Crippen molar-refractivity contribution in [1.82, 2.24) is 24.8 Å². The van der Waals surface area contributed by atoms with Gasteiger partial charge in [-0.15, -0.1) is 0 Å². The molecule has 1 aliphatic rings. The Kier molecular flexibility index (Phi) is 13.4. The van der Waals surface area contributed by atoms with Gasteiger partial charge in [0.05, 0.1) is 31.1 Å². The molecule has 6 rings (SSSR count). The molecular formula is C38H41F4N7O6. The minimum Gasteiger partial charge on any atom is -0.475 e. The highest BCUT2D eigenvalue weighted by Crippen LogP contribution is 2.35. The second-order valence-corrected chi connectivity index (χ2v) is 12.9. The largest absolute Gasteiger partial charge is 0.490 e. The van der Waals surface area contributed by atoms with E-state index in [4.69, 9.17) is 19.9 Å². The maximum absolute atomic E-state index is 13.9. The number of imidazole rings is 1. The molecule has 6 atom stereocenters. The number of anilines is 2. The van der Waals surface area contributed by atoms with Crippen LogP contribution in [0.1, 0.15) is 48.4 Å². The van der Waals surface area contributed by atoms with Gasteiger partial charge in [-0.1, -0.05) is 79.7 Å². The van der Waals surface area contributed by atoms with Crippen molar-refractivity contribution < 1.29 is 47.6 Å². The zero-order valence-corrected chi connectivity index (χ0v) is 29.6. The van der Waals surface area contributed by atoms with Crippen molar-refractivity contribution in [3.05, 3.63) is 114 Å². The number of nitrogens with one attached hydrogen (secondary N) is 3. The number of carbonyl (C=O) groups is 2. The number of benzene rings is 3. The van der Waals surface area contributed by atoms with Crippen LogP contribution in [0.15, 0.2) is 91.3 Å². The van der Waals surface area contributed by atoms with Gasteiger partial charge in [0.25, 0.3) is 0 Å². The van der Waals surface area contributed by atoms with E-state index in [1.165, 1.54) is 12.1 Å². The predicted octanol–water partition coefficient (Wildman–Crippen LogP) is 4.42. The molecule has 1 aliphatic carbocycles. The fourth-order valence-electron chi connectivity index (χ4n) is 6.33. The number of fused-ring (bicyclic) bond motifs is 1. The van der Waals surface area contributed by atoms with Crippen LogP contribution in [0.4, 0.5) is 29.3 Å². The van der Waals surface area contributed by atoms with E-state index >= 15 is 0 Å². The molecule has 13 nitrogen and oxygen atoms in total. The molecule has 55 heavy (non-hydrogen) atoms. The van der Waals surface area contributed by atoms with Gasteiger partial charge < -0.3 is 40.9 Å². The number of hydrogen-bond acceptors (Lipinski definition) is 10. The summed E-state index contributed by atoms with van der Waals surface area (Å²) in [4.78, 5) is 35.2. The molecule has 1 fully saturated rings. The summed E-state index contributed by atoms with van der Waals surface area (Å²) >= 11 is 0. The summed E-state index contributed by atoms with van der Waals surface area (Å²) < 4.78 is 47.3. The number of hydrogen-bond donors (Lipinski definition) is 7. The monoisotopic (exact) mass is 767 g/mol. The van der Waals surface area contributed by atoms with Crippen LogP contribution >= 0.6 is 0 Å². The Balaban J connectivity index is 0.000000757. The SMILES string of the molecule is CCC(=O)N[C@H]1C[C@@H](n2cnc3c(NCC(c4ccccc4)c4ccc(F)cc4)nc(N[C@H](CO)Cc4ccccc4)nc32)[C@H](O)[C@@H]1O.O=C(O)C(F)(F)F. The Morgan fingerprint density at radius 1 is 0.927 bits per heavy atom. The number of amides is 1. The third kappa shape index (κ3) is 10.3. The Labute approximate surface area is 313 Å². The third-order valence-electron chi connectivity index (χ3n) is 9.17. The van der Waals surface area contributed by atoms with Gasteiger partial charge in [0.1, 0.15) is 18.0 Å². The molecule has 3 aromatic carbocycles. The third-order valence-corrected chi connectivity index (χ3v) is 9.17. The predicted molar refractivity (Wildman–Crippen MR) is 195 cm³/mol. The maximum atomic E-state index is 13.9. The molecular weight excluding hydrogens is 726 g/mol. The highest BCUT2D eigenvalue weighted by Gasteiger charge is 2.44. The van der Waals surface area contributed by atoms with Crippen molar-refractivity contribution in [1.29, 1.82) is 0 Å². The molecule has 0 bridgehead atoms. The van der Waals surface area contributed by atoms with E-state index in [1.807, 2.05) is 60.7 Å². The summed E-state index contributed by atoms with van der Waals surface area (Å²) in [6.07, 6.45) is -4.84. The quantitative estimate of drug-likeness (QED) is 0.0839. The first-order valence-corrected chi connectivity index (χ1v) is 17.4. The first-order valence-electron chi connectivity index (χ1n) is 17.4. The number of nitrogens with zero attached hydrogens (tertiary/aromatic N) is 4. The van der Waals surface area contributed by atoms with Gasteiger partial charge in [-0.2, -0.15) is 23.1 Å². The van der Waals surface area contributed by atoms with Gasteiger partial charge in [-0.05, 0) is 41.7 Å². The van der Waals surface area contributed by atoms with Crippen molar-refractivity contribution in [2.45, 2.75) is 68.6 Å². The fourth-order valence-corrected chi connectivity index (χ4v) is 6.33. The first-order chi connectivity index (χ1) is 26.3. The van der Waals surface area contributed by atoms with Gasteiger partial charge in [-0.3, -0.25) is 4.79 Å². The van der Waals surface area contributed by atoms with Gasteiger partial charge in [-0.25, -0.2) is 14.2 Å². The highest BCUT2D eigenvalue weighted by molar-refractivity contribution is 5.84. The molecule has 1 saturated carbocycles. The molecule has 2 heterocycles. The number of carbonyl (C=O) groups excluding carboxylic acids is 1. The van der Waals surface area contributed by atoms with Crippen molar-refractivity contribution in [3.8, 4) is 0 Å². The lowest BCUT2D eigenvalue weighted by Crippen LogP contribution is -2.42. The highest BCUT2D eigenvalue weighted by atomic mass is 19.4. The summed E-state index contributed by atoms with van der Waals surface area (Å²) in [6.45, 7) is 1.94. The summed E-state index contributed by atoms with van der Waals surface area (Å²) in [5.41, 5.74) is 3.82. The number of aliphatic carboxylic acids is 1. The van der Waals surface area contributed by atoms with Crippen molar-refractivity contribution >= 4 is 34.8 Å². The average Bonchev–Trinajstić information content (AvgIpc) is 3.72. The Morgan fingerprint density at radius 2 is 1.55 bits per heavy atom. The van der Waals surface area contributed by atoms with Gasteiger partial charge >= 0.3 is 12.1 Å². The summed E-state index contributed by atoms with van der Waals surface area (Å²) in [6, 6.07) is 24.4. The number of alkyl halides is 3. The average molecular weight is 768 g/mol. The number of aliphatic hydroxyl groups excluding tert-OH is 3. The van der Waals surface area contributed by atoms with Crippen molar-refractivity contribution in [3.63, 3.8) is 0 Å². The van der Waals surface area contributed by atoms with E-state index in [0.717, 1.165) is 16.7 Å². The number of carboxylic acid groups (broad SMARTS) is 1. The van der Waals surface area contributed by atoms with Crippen LogP contribution in [0, 0.1) is 5.82 Å². The molecule has 5 aromatic rings. The van der Waals surface area contributed by atoms with Crippen LogP contribution < -0.4 is 16.0 Å². The smallest absolute Gasteiger partial charge is 0.475 e. The fraction of sp³-hybridized carbons (Fsp3) is 0.342. The van der Waals surface area contributed by atoms with Gasteiger partial charge in [0.2, 0.25) is 11.9 Å². The van der Waals surface area contributed by atoms with Crippen LogP contribution in [0.25, 0.3) is 11.2 Å². The van der Waals surface area contributed by atoms with E-state index in [9.17, 15) is 37.7 Å². The van der Waals surface area contributed by atoms with E-state index < -0.39 is 42.5 Å². The minimum absolute atomic E-state index is 0.159. The van der Waals surface area contributed by atoms with E-state index in [1.54, 1.807) is 30.0 Å². The van der Waals surface area contributed by atoms with Crippen LogP contribution in [0.2, 0.25) is 0 Å². The van der Waals surface area contributed by atoms with Crippen molar-refractivity contribution in [2.24, 2.45) is 0 Å². The maximum Gasteiger partial charge on any atom is 0.490 e. The Hall–Kier alpha value is -5.65. The molecule has 2 aromatic heterocycles. The van der Waals surface area contributed by atoms with Crippen molar-refractivity contribution in [2.75, 3.05) is 23.8 Å². The molecule has 1 unspecified atom stereocenters. The number of rotatable bonds is 13. The van der Waals surface area contributed by atoms with Crippen LogP contribution in [0.3, 0.4) is 0 Å². The zero-order valence-electron chi connectivity index (χ0n) is 29.6. The molecule has 1 amide bonds.